The summed E-state index contributed by atoms with van der Waals surface area (Å²) in [5.74, 6) is 0.703. The number of carbonyl (C=O) groups excluding carboxylic acids is 2. The van der Waals surface area contributed by atoms with Gasteiger partial charge in [0.15, 0.2) is 0 Å². The van der Waals surface area contributed by atoms with E-state index in [0.29, 0.717) is 18.5 Å². The predicted octanol–water partition coefficient (Wildman–Crippen LogP) is 5.40. The van der Waals surface area contributed by atoms with E-state index in [-0.39, 0.29) is 11.8 Å². The number of nitrogens with one attached hydrogen (secondary N) is 1. The van der Waals surface area contributed by atoms with Crippen molar-refractivity contribution in [2.45, 2.75) is 24.2 Å². The lowest BCUT2D eigenvalue weighted by Crippen LogP contribution is -2.35. The normalized spacial score (nSPS) is 12.9. The lowest BCUT2D eigenvalue weighted by molar-refractivity contribution is -0.115. The molecule has 4 rings (SSSR count). The predicted molar refractivity (Wildman–Crippen MR) is 123 cm³/mol. The Bertz CT molecular complexity index is 1020. The summed E-state index contributed by atoms with van der Waals surface area (Å²) in [5.41, 5.74) is 3.45. The SMILES string of the molecule is O=C(CCSc1ccccc1)Nc1ccc2c(c1)N(C(=O)c1ccccc1)CCC2. The van der Waals surface area contributed by atoms with Gasteiger partial charge in [-0.15, -0.1) is 11.8 Å². The fourth-order valence-electron chi connectivity index (χ4n) is 3.60. The summed E-state index contributed by atoms with van der Waals surface area (Å²) in [5, 5.41) is 2.99. The molecule has 0 spiro atoms. The minimum Gasteiger partial charge on any atom is -0.326 e. The van der Waals surface area contributed by atoms with Crippen molar-refractivity contribution in [3.8, 4) is 0 Å². The van der Waals surface area contributed by atoms with Gasteiger partial charge in [0.1, 0.15) is 0 Å². The molecule has 3 aromatic carbocycles. The monoisotopic (exact) mass is 416 g/mol. The van der Waals surface area contributed by atoms with Gasteiger partial charge in [-0.05, 0) is 54.8 Å². The van der Waals surface area contributed by atoms with Gasteiger partial charge >= 0.3 is 0 Å². The first kappa shape index (κ1) is 20.2. The van der Waals surface area contributed by atoms with Crippen LogP contribution in [0.2, 0.25) is 0 Å². The highest BCUT2D eigenvalue weighted by Gasteiger charge is 2.24. The molecule has 3 aromatic rings. The number of amides is 2. The maximum Gasteiger partial charge on any atom is 0.258 e. The van der Waals surface area contributed by atoms with Gasteiger partial charge < -0.3 is 10.2 Å². The van der Waals surface area contributed by atoms with Gasteiger partial charge in [-0.1, -0.05) is 42.5 Å². The molecule has 0 bridgehead atoms. The van der Waals surface area contributed by atoms with E-state index >= 15 is 0 Å². The van der Waals surface area contributed by atoms with Crippen LogP contribution in [0.5, 0.6) is 0 Å². The number of nitrogens with zero attached hydrogens (tertiary/aromatic N) is 1. The molecular weight excluding hydrogens is 392 g/mol. The average Bonchev–Trinajstić information content (AvgIpc) is 2.79. The summed E-state index contributed by atoms with van der Waals surface area (Å²) in [7, 11) is 0. The minimum absolute atomic E-state index is 0.000660. The maximum absolute atomic E-state index is 13.0. The van der Waals surface area contributed by atoms with Crippen LogP contribution in [-0.4, -0.2) is 24.1 Å². The van der Waals surface area contributed by atoms with E-state index < -0.39 is 0 Å². The summed E-state index contributed by atoms with van der Waals surface area (Å²) in [6.45, 7) is 0.686. The highest BCUT2D eigenvalue weighted by atomic mass is 32.2. The van der Waals surface area contributed by atoms with Gasteiger partial charge in [0.05, 0.1) is 0 Å². The number of hydrogen-bond donors (Lipinski definition) is 1. The average molecular weight is 417 g/mol. The number of hydrogen-bond acceptors (Lipinski definition) is 3. The number of benzene rings is 3. The molecule has 5 heteroatoms. The Morgan fingerprint density at radius 2 is 1.67 bits per heavy atom. The Morgan fingerprint density at radius 1 is 0.933 bits per heavy atom. The van der Waals surface area contributed by atoms with Gasteiger partial charge in [-0.25, -0.2) is 0 Å². The standard InChI is InChI=1S/C25H24N2O2S/c28-24(15-17-30-22-11-5-2-6-12-22)26-21-14-13-19-10-7-16-27(23(19)18-21)25(29)20-8-3-1-4-9-20/h1-6,8-9,11-14,18H,7,10,15-17H2,(H,26,28). The summed E-state index contributed by atoms with van der Waals surface area (Å²) in [4.78, 5) is 28.4. The van der Waals surface area contributed by atoms with Gasteiger partial charge in [0, 0.05) is 40.6 Å². The molecule has 0 aliphatic carbocycles. The van der Waals surface area contributed by atoms with E-state index in [1.54, 1.807) is 11.8 Å². The molecule has 0 aromatic heterocycles. The first-order valence-electron chi connectivity index (χ1n) is 10.2. The first-order chi connectivity index (χ1) is 14.7. The largest absolute Gasteiger partial charge is 0.326 e. The summed E-state index contributed by atoms with van der Waals surface area (Å²) < 4.78 is 0. The molecule has 1 aliphatic rings. The fourth-order valence-corrected chi connectivity index (χ4v) is 4.47. The molecule has 1 heterocycles. The van der Waals surface area contributed by atoms with Crippen molar-refractivity contribution in [3.63, 3.8) is 0 Å². The van der Waals surface area contributed by atoms with Crippen molar-refractivity contribution >= 4 is 35.0 Å². The zero-order valence-corrected chi connectivity index (χ0v) is 17.5. The van der Waals surface area contributed by atoms with E-state index in [1.165, 1.54) is 0 Å². The number of aryl methyl sites for hydroxylation is 1. The molecule has 2 amide bonds. The maximum atomic E-state index is 13.0. The second-order valence-electron chi connectivity index (χ2n) is 7.23. The number of rotatable bonds is 6. The first-order valence-corrected chi connectivity index (χ1v) is 11.2. The molecule has 0 fully saturated rings. The molecule has 0 atom stereocenters. The molecular formula is C25H24N2O2S. The second-order valence-corrected chi connectivity index (χ2v) is 8.40. The van der Waals surface area contributed by atoms with Crippen LogP contribution in [-0.2, 0) is 11.2 Å². The van der Waals surface area contributed by atoms with Crippen LogP contribution in [0.1, 0.15) is 28.8 Å². The van der Waals surface area contributed by atoms with Crippen molar-refractivity contribution in [3.05, 3.63) is 90.0 Å². The van der Waals surface area contributed by atoms with Gasteiger partial charge in [0.2, 0.25) is 5.91 Å². The quantitative estimate of drug-likeness (QED) is 0.547. The molecule has 1 N–H and O–H groups in total. The highest BCUT2D eigenvalue weighted by Crippen LogP contribution is 2.31. The van der Waals surface area contributed by atoms with E-state index in [9.17, 15) is 9.59 Å². The molecule has 0 unspecified atom stereocenters. The van der Waals surface area contributed by atoms with Crippen molar-refractivity contribution in [2.24, 2.45) is 0 Å². The second kappa shape index (κ2) is 9.63. The smallest absolute Gasteiger partial charge is 0.258 e. The van der Waals surface area contributed by atoms with Gasteiger partial charge in [0.25, 0.3) is 5.91 Å². The van der Waals surface area contributed by atoms with Gasteiger partial charge in [-0.2, -0.15) is 0 Å². The van der Waals surface area contributed by atoms with Crippen molar-refractivity contribution in [1.82, 2.24) is 0 Å². The van der Waals surface area contributed by atoms with Crippen LogP contribution >= 0.6 is 11.8 Å². The van der Waals surface area contributed by atoms with Crippen LogP contribution in [0, 0.1) is 0 Å². The third kappa shape index (κ3) is 4.92. The molecule has 30 heavy (non-hydrogen) atoms. The molecule has 0 radical (unpaired) electrons. The molecule has 0 saturated heterocycles. The number of carbonyl (C=O) groups is 2. The molecule has 4 nitrogen and oxygen atoms in total. The van der Waals surface area contributed by atoms with Crippen LogP contribution in [0.4, 0.5) is 11.4 Å². The summed E-state index contributed by atoms with van der Waals surface area (Å²) in [6.07, 6.45) is 2.31. The third-order valence-electron chi connectivity index (χ3n) is 5.09. The minimum atomic E-state index is -0.0184. The van der Waals surface area contributed by atoms with E-state index in [0.717, 1.165) is 40.4 Å². The Kier molecular flexibility index (Phi) is 6.50. The number of thioether (sulfide) groups is 1. The summed E-state index contributed by atoms with van der Waals surface area (Å²) >= 11 is 1.67. The molecule has 152 valence electrons. The Morgan fingerprint density at radius 3 is 2.43 bits per heavy atom. The van der Waals surface area contributed by atoms with E-state index in [1.807, 2.05) is 83.8 Å². The Labute approximate surface area is 181 Å². The topological polar surface area (TPSA) is 49.4 Å². The molecule has 0 saturated carbocycles. The van der Waals surface area contributed by atoms with E-state index in [4.69, 9.17) is 0 Å². The zero-order valence-electron chi connectivity index (χ0n) is 16.7. The number of anilines is 2. The van der Waals surface area contributed by atoms with Crippen LogP contribution in [0.25, 0.3) is 0 Å². The lowest BCUT2D eigenvalue weighted by Gasteiger charge is -2.30. The number of fused-ring (bicyclic) bond motifs is 1. The Hall–Kier alpha value is -3.05. The van der Waals surface area contributed by atoms with Crippen molar-refractivity contribution in [2.75, 3.05) is 22.5 Å². The van der Waals surface area contributed by atoms with Crippen molar-refractivity contribution in [1.29, 1.82) is 0 Å². The summed E-state index contributed by atoms with van der Waals surface area (Å²) in [6, 6.07) is 25.3. The van der Waals surface area contributed by atoms with Crippen LogP contribution in [0.15, 0.2) is 83.8 Å². The highest BCUT2D eigenvalue weighted by molar-refractivity contribution is 7.99. The third-order valence-corrected chi connectivity index (χ3v) is 6.11. The van der Waals surface area contributed by atoms with Gasteiger partial charge in [-0.3, -0.25) is 9.59 Å². The van der Waals surface area contributed by atoms with E-state index in [2.05, 4.69) is 5.32 Å². The molecule has 1 aliphatic heterocycles. The van der Waals surface area contributed by atoms with Crippen LogP contribution in [0.3, 0.4) is 0 Å². The van der Waals surface area contributed by atoms with Crippen molar-refractivity contribution < 1.29 is 9.59 Å². The Balaban J connectivity index is 1.42. The lowest BCUT2D eigenvalue weighted by atomic mass is 10.00. The fraction of sp³-hybridized carbons (Fsp3) is 0.200. The zero-order chi connectivity index (χ0) is 20.8. The van der Waals surface area contributed by atoms with Crippen LogP contribution < -0.4 is 10.2 Å².